The number of ether oxygens (including phenoxy) is 1. The topological polar surface area (TPSA) is 140 Å². The van der Waals surface area contributed by atoms with Gasteiger partial charge in [0.15, 0.2) is 0 Å². The Labute approximate surface area is 149 Å². The molecule has 10 nitrogen and oxygen atoms in total. The summed E-state index contributed by atoms with van der Waals surface area (Å²) in [6.45, 7) is 0. The standard InChI is InChI=1S/C15H16N4O6S/c1-16-15(20)17-10-4-3-5-11(8-10)18-26(23,24)14-7-6-12(19(21)22)9-13(14)25-2/h3-9,18H,1-2H3,(H2,16,17,20). The smallest absolute Gasteiger partial charge is 0.318 e. The van der Waals surface area contributed by atoms with E-state index in [1.807, 2.05) is 0 Å². The fourth-order valence-corrected chi connectivity index (χ4v) is 3.26. The number of rotatable bonds is 6. The molecule has 0 fully saturated rings. The van der Waals surface area contributed by atoms with Crippen molar-refractivity contribution >= 4 is 33.1 Å². The quantitative estimate of drug-likeness (QED) is 0.518. The summed E-state index contributed by atoms with van der Waals surface area (Å²) in [5.41, 5.74) is 0.275. The number of benzene rings is 2. The largest absolute Gasteiger partial charge is 0.495 e. The maximum Gasteiger partial charge on any atom is 0.318 e. The van der Waals surface area contributed by atoms with Crippen molar-refractivity contribution in [2.75, 3.05) is 24.2 Å². The third-order valence-corrected chi connectivity index (χ3v) is 4.67. The van der Waals surface area contributed by atoms with Crippen LogP contribution in [-0.4, -0.2) is 33.5 Å². The van der Waals surface area contributed by atoms with Gasteiger partial charge in [0.05, 0.1) is 23.8 Å². The fraction of sp³-hybridized carbons (Fsp3) is 0.133. The molecular formula is C15H16N4O6S. The number of hydrogen-bond donors (Lipinski definition) is 3. The van der Waals surface area contributed by atoms with Gasteiger partial charge in [0.2, 0.25) is 0 Å². The van der Waals surface area contributed by atoms with Gasteiger partial charge in [-0.3, -0.25) is 14.8 Å². The van der Waals surface area contributed by atoms with Crippen molar-refractivity contribution in [2.24, 2.45) is 0 Å². The highest BCUT2D eigenvalue weighted by Crippen LogP contribution is 2.30. The summed E-state index contributed by atoms with van der Waals surface area (Å²) >= 11 is 0. The zero-order chi connectivity index (χ0) is 19.3. The molecular weight excluding hydrogens is 364 g/mol. The Balaban J connectivity index is 2.33. The monoisotopic (exact) mass is 380 g/mol. The van der Waals surface area contributed by atoms with Gasteiger partial charge in [0, 0.05) is 18.8 Å². The third-order valence-electron chi connectivity index (χ3n) is 3.25. The minimum absolute atomic E-state index is 0.161. The van der Waals surface area contributed by atoms with Crippen LogP contribution in [0.5, 0.6) is 5.75 Å². The van der Waals surface area contributed by atoms with Gasteiger partial charge >= 0.3 is 6.03 Å². The summed E-state index contributed by atoms with van der Waals surface area (Å²) in [5.74, 6) is -0.161. The molecule has 0 aliphatic rings. The normalized spacial score (nSPS) is 10.7. The molecule has 0 heterocycles. The number of carbonyl (C=O) groups is 1. The summed E-state index contributed by atoms with van der Waals surface area (Å²) in [5, 5.41) is 15.7. The molecule has 0 aliphatic carbocycles. The number of sulfonamides is 1. The van der Waals surface area contributed by atoms with E-state index in [9.17, 15) is 23.3 Å². The lowest BCUT2D eigenvalue weighted by atomic mass is 10.3. The van der Waals surface area contributed by atoms with E-state index < -0.39 is 21.0 Å². The SMILES string of the molecule is CNC(=O)Nc1cccc(NS(=O)(=O)c2ccc([N+](=O)[O-])cc2OC)c1. The van der Waals surface area contributed by atoms with Crippen LogP contribution >= 0.6 is 0 Å². The number of nitrogens with zero attached hydrogens (tertiary/aromatic N) is 1. The lowest BCUT2D eigenvalue weighted by molar-refractivity contribution is -0.385. The van der Waals surface area contributed by atoms with Gasteiger partial charge in [0.25, 0.3) is 15.7 Å². The molecule has 3 N–H and O–H groups in total. The third kappa shape index (κ3) is 4.39. The number of hydrogen-bond acceptors (Lipinski definition) is 6. The first kappa shape index (κ1) is 19.0. The lowest BCUT2D eigenvalue weighted by Crippen LogP contribution is -2.24. The molecule has 0 unspecified atom stereocenters. The molecule has 0 bridgehead atoms. The van der Waals surface area contributed by atoms with E-state index in [4.69, 9.17) is 4.74 Å². The Morgan fingerprint density at radius 2 is 1.85 bits per heavy atom. The molecule has 138 valence electrons. The number of anilines is 2. The van der Waals surface area contributed by atoms with Gasteiger partial charge < -0.3 is 15.4 Å². The van der Waals surface area contributed by atoms with Crippen LogP contribution in [0.2, 0.25) is 0 Å². The second-order valence-corrected chi connectivity index (χ2v) is 6.63. The maximum atomic E-state index is 12.6. The number of carbonyl (C=O) groups excluding carboxylic acids is 1. The minimum atomic E-state index is -4.08. The second-order valence-electron chi connectivity index (χ2n) is 4.98. The molecule has 0 spiro atoms. The van der Waals surface area contributed by atoms with Crippen molar-refractivity contribution in [3.05, 3.63) is 52.6 Å². The van der Waals surface area contributed by atoms with Gasteiger partial charge in [-0.2, -0.15) is 0 Å². The molecule has 0 aromatic heterocycles. The first-order chi connectivity index (χ1) is 12.3. The van der Waals surface area contributed by atoms with Crippen molar-refractivity contribution in [3.8, 4) is 5.75 Å². The van der Waals surface area contributed by atoms with Crippen molar-refractivity contribution < 1.29 is 22.9 Å². The van der Waals surface area contributed by atoms with Crippen LogP contribution in [-0.2, 0) is 10.0 Å². The molecule has 2 amide bonds. The summed E-state index contributed by atoms with van der Waals surface area (Å²) in [6, 6.07) is 8.78. The van der Waals surface area contributed by atoms with Crippen molar-refractivity contribution in [1.82, 2.24) is 5.32 Å². The fourth-order valence-electron chi connectivity index (χ4n) is 2.06. The number of methoxy groups -OCH3 is 1. The molecule has 0 radical (unpaired) electrons. The van der Waals surface area contributed by atoms with Crippen molar-refractivity contribution in [2.45, 2.75) is 4.90 Å². The van der Waals surface area contributed by atoms with Crippen molar-refractivity contribution in [1.29, 1.82) is 0 Å². The Morgan fingerprint density at radius 1 is 1.15 bits per heavy atom. The first-order valence-electron chi connectivity index (χ1n) is 7.21. The summed E-state index contributed by atoms with van der Waals surface area (Å²) in [7, 11) is -1.41. The van der Waals surface area contributed by atoms with E-state index in [1.165, 1.54) is 26.3 Å². The Hall–Kier alpha value is -3.34. The predicted octanol–water partition coefficient (Wildman–Crippen LogP) is 2.16. The van der Waals surface area contributed by atoms with Gasteiger partial charge in [-0.15, -0.1) is 0 Å². The average Bonchev–Trinajstić information content (AvgIpc) is 2.60. The van der Waals surface area contributed by atoms with Crippen LogP contribution in [0.15, 0.2) is 47.4 Å². The van der Waals surface area contributed by atoms with Crippen LogP contribution in [0.25, 0.3) is 0 Å². The maximum absolute atomic E-state index is 12.6. The molecule has 2 aromatic rings. The molecule has 0 saturated carbocycles. The molecule has 2 aromatic carbocycles. The van der Waals surface area contributed by atoms with Crippen LogP contribution in [0, 0.1) is 10.1 Å². The Kier molecular flexibility index (Phi) is 5.62. The molecule has 26 heavy (non-hydrogen) atoms. The zero-order valence-electron chi connectivity index (χ0n) is 13.8. The number of non-ortho nitro benzene ring substituents is 1. The van der Waals surface area contributed by atoms with E-state index in [0.29, 0.717) is 5.69 Å². The van der Waals surface area contributed by atoms with Gasteiger partial charge in [0.1, 0.15) is 10.6 Å². The van der Waals surface area contributed by atoms with Crippen LogP contribution in [0.3, 0.4) is 0 Å². The lowest BCUT2D eigenvalue weighted by Gasteiger charge is -2.12. The predicted molar refractivity (Wildman–Crippen MR) is 95.0 cm³/mol. The number of nitro groups is 1. The summed E-state index contributed by atoms with van der Waals surface area (Å²) in [4.78, 5) is 21.2. The highest BCUT2D eigenvalue weighted by molar-refractivity contribution is 7.92. The van der Waals surface area contributed by atoms with E-state index in [0.717, 1.165) is 18.2 Å². The van der Waals surface area contributed by atoms with E-state index in [-0.39, 0.29) is 22.0 Å². The Morgan fingerprint density at radius 3 is 2.46 bits per heavy atom. The van der Waals surface area contributed by atoms with Crippen LogP contribution in [0.4, 0.5) is 21.9 Å². The molecule has 11 heteroatoms. The molecule has 2 rings (SSSR count). The van der Waals surface area contributed by atoms with E-state index in [1.54, 1.807) is 12.1 Å². The van der Waals surface area contributed by atoms with E-state index in [2.05, 4.69) is 15.4 Å². The number of nitrogens with one attached hydrogen (secondary N) is 3. The molecule has 0 aliphatic heterocycles. The number of nitro benzene ring substituents is 1. The average molecular weight is 380 g/mol. The summed E-state index contributed by atoms with van der Waals surface area (Å²) in [6.07, 6.45) is 0. The molecule has 0 atom stereocenters. The zero-order valence-corrected chi connectivity index (χ0v) is 14.7. The highest BCUT2D eigenvalue weighted by atomic mass is 32.2. The first-order valence-corrected chi connectivity index (χ1v) is 8.69. The van der Waals surface area contributed by atoms with Gasteiger partial charge in [-0.1, -0.05) is 6.07 Å². The van der Waals surface area contributed by atoms with Gasteiger partial charge in [-0.25, -0.2) is 13.2 Å². The Bertz CT molecular complexity index is 945. The summed E-state index contributed by atoms with van der Waals surface area (Å²) < 4.78 is 32.5. The second kappa shape index (κ2) is 7.70. The van der Waals surface area contributed by atoms with Crippen molar-refractivity contribution in [3.63, 3.8) is 0 Å². The van der Waals surface area contributed by atoms with Gasteiger partial charge in [-0.05, 0) is 24.3 Å². The van der Waals surface area contributed by atoms with Crippen LogP contribution in [0.1, 0.15) is 0 Å². The number of amides is 2. The highest BCUT2D eigenvalue weighted by Gasteiger charge is 2.22. The van der Waals surface area contributed by atoms with E-state index >= 15 is 0 Å². The van der Waals surface area contributed by atoms with Crippen LogP contribution < -0.4 is 20.1 Å². The minimum Gasteiger partial charge on any atom is -0.495 e. The molecule has 0 saturated heterocycles. The number of urea groups is 1.